The van der Waals surface area contributed by atoms with Crippen molar-refractivity contribution in [3.63, 3.8) is 0 Å². The Balaban J connectivity index is 1.29. The van der Waals surface area contributed by atoms with Gasteiger partial charge in [-0.1, -0.05) is 36.4 Å². The highest BCUT2D eigenvalue weighted by atomic mass is 31.2. The van der Waals surface area contributed by atoms with Crippen molar-refractivity contribution in [2.24, 2.45) is 0 Å². The molecule has 0 saturated carbocycles. The zero-order valence-corrected chi connectivity index (χ0v) is 23.7. The number of hydrogen-bond donors (Lipinski definition) is 2. The van der Waals surface area contributed by atoms with E-state index in [1.165, 1.54) is 12.2 Å². The fraction of sp³-hybridized carbons (Fsp3) is 0.133. The number of furan rings is 1. The van der Waals surface area contributed by atoms with E-state index in [0.717, 1.165) is 17.1 Å². The van der Waals surface area contributed by atoms with Crippen molar-refractivity contribution >= 4 is 13.7 Å². The molecule has 0 bridgehead atoms. The van der Waals surface area contributed by atoms with Crippen LogP contribution in [0.5, 0.6) is 17.4 Å². The predicted octanol–water partition coefficient (Wildman–Crippen LogP) is 6.30. The van der Waals surface area contributed by atoms with Crippen LogP contribution >= 0.6 is 7.60 Å². The fourth-order valence-corrected chi connectivity index (χ4v) is 4.24. The normalized spacial score (nSPS) is 11.9. The number of para-hydroxylation sites is 1. The maximum atomic E-state index is 11.1. The van der Waals surface area contributed by atoms with Crippen molar-refractivity contribution in [1.82, 2.24) is 14.8 Å². The fourth-order valence-electron chi connectivity index (χ4n) is 3.92. The second-order valence-corrected chi connectivity index (χ2v) is 10.5. The molecule has 0 radical (unpaired) electrons. The number of allylic oxidation sites excluding steroid dienone is 2. The molecule has 216 valence electrons. The number of aromatic nitrogens is 3. The Labute approximate surface area is 241 Å². The van der Waals surface area contributed by atoms with Crippen LogP contribution in [0.3, 0.4) is 0 Å². The van der Waals surface area contributed by atoms with Crippen molar-refractivity contribution in [3.8, 4) is 34.7 Å². The number of hydrogen-bond acceptors (Lipinski definition) is 8. The number of rotatable bonds is 12. The molecule has 5 aromatic rings. The van der Waals surface area contributed by atoms with Gasteiger partial charge >= 0.3 is 7.60 Å². The lowest BCUT2D eigenvalue weighted by molar-refractivity contribution is 0.275. The number of oxazole rings is 1. The highest BCUT2D eigenvalue weighted by molar-refractivity contribution is 7.55. The standard InChI is InChI=1S/C30H28N3O8P/c1-21-25(31-30(41-21)27-12-8-15-38-27)20-39-26-14-13-22(17-28(26)37-2)19-40-29-23(9-6-7-16-42(34,35)36)18-33(32-29)24-10-4-3-5-11-24/h3-18H,19-20H2,1-2H3,(H2,34,35,36)/b9-6+,16-7+. The SMILES string of the molecule is COc1cc(COc2nn(-c3ccccc3)cc2/C=C/C=C/P(=O)(O)O)ccc1OCc1nc(-c2ccco2)oc1C. The highest BCUT2D eigenvalue weighted by Crippen LogP contribution is 2.36. The Morgan fingerprint density at radius 1 is 1.00 bits per heavy atom. The number of nitrogens with zero attached hydrogens (tertiary/aromatic N) is 3. The number of aryl methyl sites for hydroxylation is 1. The third-order valence-electron chi connectivity index (χ3n) is 5.99. The Morgan fingerprint density at radius 2 is 1.83 bits per heavy atom. The van der Waals surface area contributed by atoms with E-state index in [-0.39, 0.29) is 13.2 Å². The molecule has 3 aromatic heterocycles. The van der Waals surface area contributed by atoms with Gasteiger partial charge in [-0.25, -0.2) is 9.67 Å². The van der Waals surface area contributed by atoms with Crippen molar-refractivity contribution < 1.29 is 37.4 Å². The van der Waals surface area contributed by atoms with Gasteiger partial charge in [-0.15, -0.1) is 5.10 Å². The van der Waals surface area contributed by atoms with E-state index in [9.17, 15) is 4.57 Å². The molecular weight excluding hydrogens is 561 g/mol. The van der Waals surface area contributed by atoms with Gasteiger partial charge in [0.1, 0.15) is 24.7 Å². The van der Waals surface area contributed by atoms with Crippen molar-refractivity contribution in [1.29, 1.82) is 0 Å². The summed E-state index contributed by atoms with van der Waals surface area (Å²) in [5.41, 5.74) is 2.90. The summed E-state index contributed by atoms with van der Waals surface area (Å²) in [6.45, 7) is 2.16. The van der Waals surface area contributed by atoms with Gasteiger partial charge in [-0.2, -0.15) is 0 Å². The molecule has 0 fully saturated rings. The molecular formula is C30H28N3O8P. The molecule has 0 spiro atoms. The molecule has 0 aliphatic rings. The minimum atomic E-state index is -4.26. The highest BCUT2D eigenvalue weighted by Gasteiger charge is 2.16. The first-order chi connectivity index (χ1) is 20.3. The van der Waals surface area contributed by atoms with E-state index in [0.29, 0.717) is 46.0 Å². The van der Waals surface area contributed by atoms with Gasteiger partial charge < -0.3 is 32.8 Å². The number of methoxy groups -OCH3 is 1. The van der Waals surface area contributed by atoms with Gasteiger partial charge in [0.2, 0.25) is 5.88 Å². The average Bonchev–Trinajstić information content (AvgIpc) is 3.74. The van der Waals surface area contributed by atoms with Gasteiger partial charge in [0, 0.05) is 12.0 Å². The van der Waals surface area contributed by atoms with Gasteiger partial charge in [-0.3, -0.25) is 4.57 Å². The number of ether oxygens (including phenoxy) is 3. The summed E-state index contributed by atoms with van der Waals surface area (Å²) < 4.78 is 41.4. The minimum absolute atomic E-state index is 0.172. The van der Waals surface area contributed by atoms with Crippen molar-refractivity contribution in [2.75, 3.05) is 7.11 Å². The lowest BCUT2D eigenvalue weighted by Gasteiger charge is -2.12. The van der Waals surface area contributed by atoms with Crippen LogP contribution in [0.2, 0.25) is 0 Å². The van der Waals surface area contributed by atoms with E-state index in [1.54, 1.807) is 48.5 Å². The Morgan fingerprint density at radius 3 is 2.57 bits per heavy atom. The zero-order valence-electron chi connectivity index (χ0n) is 22.8. The van der Waals surface area contributed by atoms with Crippen LogP contribution in [-0.4, -0.2) is 31.7 Å². The first-order valence-corrected chi connectivity index (χ1v) is 14.5. The van der Waals surface area contributed by atoms with Crippen molar-refractivity contribution in [2.45, 2.75) is 20.1 Å². The molecule has 2 aromatic carbocycles. The maximum Gasteiger partial charge on any atom is 0.349 e. The molecule has 0 unspecified atom stereocenters. The molecule has 42 heavy (non-hydrogen) atoms. The molecule has 0 aliphatic heterocycles. The first kappa shape index (κ1) is 28.7. The van der Waals surface area contributed by atoms with Crippen molar-refractivity contribution in [3.05, 3.63) is 114 Å². The van der Waals surface area contributed by atoms with Crippen LogP contribution in [0.15, 0.2) is 99.9 Å². The van der Waals surface area contributed by atoms with Crippen LogP contribution in [0.25, 0.3) is 23.4 Å². The molecule has 5 rings (SSSR count). The van der Waals surface area contributed by atoms with E-state index < -0.39 is 7.60 Å². The van der Waals surface area contributed by atoms with E-state index in [1.807, 2.05) is 49.4 Å². The third-order valence-corrected chi connectivity index (χ3v) is 6.55. The van der Waals surface area contributed by atoms with Gasteiger partial charge in [0.05, 0.1) is 24.6 Å². The summed E-state index contributed by atoms with van der Waals surface area (Å²) in [5.74, 6) is 3.76. The van der Waals surface area contributed by atoms with Crippen LogP contribution in [-0.2, 0) is 17.8 Å². The largest absolute Gasteiger partial charge is 0.493 e. The zero-order chi connectivity index (χ0) is 29.5. The molecule has 0 amide bonds. The second kappa shape index (κ2) is 12.8. The Hall–Kier alpha value is -4.83. The Bertz CT molecular complexity index is 1730. The van der Waals surface area contributed by atoms with Gasteiger partial charge in [0.25, 0.3) is 5.89 Å². The molecule has 12 heteroatoms. The minimum Gasteiger partial charge on any atom is -0.493 e. The van der Waals surface area contributed by atoms with Gasteiger partial charge in [0.15, 0.2) is 17.3 Å². The summed E-state index contributed by atoms with van der Waals surface area (Å²) in [7, 11) is -2.70. The molecule has 2 N–H and O–H groups in total. The van der Waals surface area contributed by atoms with Gasteiger partial charge in [-0.05, 0) is 55.0 Å². The quantitative estimate of drug-likeness (QED) is 0.126. The van der Waals surface area contributed by atoms with E-state index >= 15 is 0 Å². The maximum absolute atomic E-state index is 11.1. The summed E-state index contributed by atoms with van der Waals surface area (Å²) >= 11 is 0. The summed E-state index contributed by atoms with van der Waals surface area (Å²) in [4.78, 5) is 22.6. The average molecular weight is 590 g/mol. The smallest absolute Gasteiger partial charge is 0.349 e. The van der Waals surface area contributed by atoms with Crippen LogP contribution < -0.4 is 14.2 Å². The van der Waals surface area contributed by atoms with Crippen LogP contribution in [0, 0.1) is 6.92 Å². The third kappa shape index (κ3) is 7.27. The van der Waals surface area contributed by atoms with Crippen LogP contribution in [0.1, 0.15) is 22.6 Å². The topological polar surface area (TPSA) is 142 Å². The van der Waals surface area contributed by atoms with Crippen LogP contribution in [0.4, 0.5) is 0 Å². The predicted molar refractivity (Wildman–Crippen MR) is 154 cm³/mol. The molecule has 0 atom stereocenters. The molecule has 0 aliphatic carbocycles. The Kier molecular flexibility index (Phi) is 8.73. The number of benzene rings is 2. The monoisotopic (exact) mass is 589 g/mol. The lowest BCUT2D eigenvalue weighted by Crippen LogP contribution is -2.02. The molecule has 0 saturated heterocycles. The lowest BCUT2D eigenvalue weighted by atomic mass is 10.2. The second-order valence-electron chi connectivity index (χ2n) is 9.02. The first-order valence-electron chi connectivity index (χ1n) is 12.8. The van der Waals surface area contributed by atoms with E-state index in [4.69, 9.17) is 32.8 Å². The summed E-state index contributed by atoms with van der Waals surface area (Å²) in [6.07, 6.45) is 7.79. The summed E-state index contributed by atoms with van der Waals surface area (Å²) in [5, 5.41) is 4.56. The molecule has 11 nitrogen and oxygen atoms in total. The van der Waals surface area contributed by atoms with E-state index in [2.05, 4.69) is 10.1 Å². The molecule has 3 heterocycles. The summed E-state index contributed by atoms with van der Waals surface area (Å²) in [6, 6.07) is 18.5.